The van der Waals surface area contributed by atoms with Crippen molar-refractivity contribution in [3.63, 3.8) is 0 Å². The Kier molecular flexibility index (Phi) is 19.1. The Morgan fingerprint density at radius 1 is 0.744 bits per heavy atom. The largest absolute Gasteiger partial charge is 0.493 e. The molecule has 0 saturated carbocycles. The summed E-state index contributed by atoms with van der Waals surface area (Å²) in [7, 11) is 1.58. The quantitative estimate of drug-likeness (QED) is 0.0898. The Hall–Kier alpha value is -2.89. The molecule has 43 heavy (non-hydrogen) atoms. The number of hydrogen-bond acceptors (Lipinski definition) is 4. The van der Waals surface area contributed by atoms with Crippen molar-refractivity contribution in [1.82, 2.24) is 4.90 Å². The van der Waals surface area contributed by atoms with Gasteiger partial charge in [0, 0.05) is 44.0 Å². The summed E-state index contributed by atoms with van der Waals surface area (Å²) in [4.78, 5) is 27.0. The number of aromatic nitrogens is 1. The number of aryl methyl sites for hydroxylation is 2. The summed E-state index contributed by atoms with van der Waals surface area (Å²) in [5.74, 6) is 0.590. The molecular weight excluding hydrogens is 536 g/mol. The van der Waals surface area contributed by atoms with Gasteiger partial charge in [-0.2, -0.15) is 0 Å². The highest BCUT2D eigenvalue weighted by molar-refractivity contribution is 6.04. The average molecular weight is 596 g/mol. The zero-order chi connectivity index (χ0) is 31.1. The topological polar surface area (TPSA) is 59.7 Å². The SMILES string of the molecule is CCCCCCCCCCCCCCCCOc1ccc(C(=O)N(CCCc2cccc[n+]2CCC)C(C)=O)cc1OC. The van der Waals surface area contributed by atoms with Crippen LogP contribution in [0.4, 0.5) is 0 Å². The van der Waals surface area contributed by atoms with Gasteiger partial charge in [0.25, 0.3) is 5.91 Å². The van der Waals surface area contributed by atoms with Crippen LogP contribution in [0.3, 0.4) is 0 Å². The third-order valence-electron chi connectivity index (χ3n) is 8.11. The first-order valence-corrected chi connectivity index (χ1v) is 17.1. The summed E-state index contributed by atoms with van der Waals surface area (Å²) < 4.78 is 13.8. The van der Waals surface area contributed by atoms with Gasteiger partial charge < -0.3 is 9.47 Å². The molecule has 0 aliphatic rings. The highest BCUT2D eigenvalue weighted by Crippen LogP contribution is 2.29. The summed E-state index contributed by atoms with van der Waals surface area (Å²) in [6, 6.07) is 11.4. The number of ether oxygens (including phenoxy) is 2. The Balaban J connectivity index is 1.70. The van der Waals surface area contributed by atoms with Gasteiger partial charge in [-0.15, -0.1) is 0 Å². The van der Waals surface area contributed by atoms with Crippen molar-refractivity contribution in [2.45, 2.75) is 136 Å². The van der Waals surface area contributed by atoms with E-state index in [1.165, 1.54) is 94.6 Å². The third-order valence-corrected chi connectivity index (χ3v) is 8.11. The van der Waals surface area contributed by atoms with E-state index in [0.29, 0.717) is 36.6 Å². The van der Waals surface area contributed by atoms with Crippen LogP contribution in [-0.4, -0.2) is 37.0 Å². The van der Waals surface area contributed by atoms with E-state index in [0.717, 1.165) is 32.2 Å². The number of imide groups is 1. The summed E-state index contributed by atoms with van der Waals surface area (Å²) >= 11 is 0. The lowest BCUT2D eigenvalue weighted by molar-refractivity contribution is -0.704. The minimum Gasteiger partial charge on any atom is -0.493 e. The highest BCUT2D eigenvalue weighted by Gasteiger charge is 2.22. The Labute approximate surface area is 262 Å². The highest BCUT2D eigenvalue weighted by atomic mass is 16.5. The zero-order valence-corrected chi connectivity index (χ0v) is 27.7. The van der Waals surface area contributed by atoms with Crippen LogP contribution < -0.4 is 14.0 Å². The summed E-state index contributed by atoms with van der Waals surface area (Å²) in [5.41, 5.74) is 1.64. The van der Waals surface area contributed by atoms with E-state index in [2.05, 4.69) is 30.7 Å². The lowest BCUT2D eigenvalue weighted by Gasteiger charge is -2.20. The predicted octanol–water partition coefficient (Wildman–Crippen LogP) is 8.87. The number of benzene rings is 1. The van der Waals surface area contributed by atoms with Crippen LogP contribution in [-0.2, 0) is 17.8 Å². The fraction of sp³-hybridized carbons (Fsp3) is 0.649. The first-order chi connectivity index (χ1) is 21.0. The van der Waals surface area contributed by atoms with Gasteiger partial charge in [0.1, 0.15) is 6.54 Å². The number of nitrogens with zero attached hydrogens (tertiary/aromatic N) is 2. The number of amides is 2. The molecule has 0 bridgehead atoms. The molecule has 0 saturated heterocycles. The molecule has 0 spiro atoms. The molecule has 0 atom stereocenters. The molecular formula is C37H59N2O4+. The van der Waals surface area contributed by atoms with E-state index < -0.39 is 0 Å². The second-order valence-electron chi connectivity index (χ2n) is 11.8. The van der Waals surface area contributed by atoms with Crippen LogP contribution in [0.2, 0.25) is 0 Å². The molecule has 2 rings (SSSR count). The second kappa shape index (κ2) is 22.6. The van der Waals surface area contributed by atoms with E-state index >= 15 is 0 Å². The standard InChI is InChI=1S/C37H59N2O4/c1-5-7-8-9-10-11-12-13-14-15-16-17-18-21-30-43-35-26-25-33(31-36(35)42-4)37(41)39(32(3)40)29-22-24-34-23-19-20-28-38(34)27-6-2/h19-20,23,25-26,28,31H,5-18,21-22,24,27,29-30H2,1-4H3/q+1. The lowest BCUT2D eigenvalue weighted by atomic mass is 10.0. The number of hydrogen-bond donors (Lipinski definition) is 0. The van der Waals surface area contributed by atoms with Gasteiger partial charge in [0.2, 0.25) is 5.91 Å². The minimum absolute atomic E-state index is 0.253. The van der Waals surface area contributed by atoms with E-state index in [1.54, 1.807) is 25.3 Å². The smallest absolute Gasteiger partial charge is 0.260 e. The molecule has 0 N–H and O–H groups in total. The number of unbranched alkanes of at least 4 members (excludes halogenated alkanes) is 13. The molecule has 240 valence electrons. The van der Waals surface area contributed by atoms with Crippen molar-refractivity contribution in [1.29, 1.82) is 0 Å². The van der Waals surface area contributed by atoms with Crippen molar-refractivity contribution in [3.8, 4) is 11.5 Å². The maximum Gasteiger partial charge on any atom is 0.260 e. The first-order valence-electron chi connectivity index (χ1n) is 17.1. The van der Waals surface area contributed by atoms with Gasteiger partial charge in [-0.1, -0.05) is 103 Å². The Morgan fingerprint density at radius 3 is 1.95 bits per heavy atom. The van der Waals surface area contributed by atoms with Crippen molar-refractivity contribution in [2.75, 3.05) is 20.3 Å². The summed E-state index contributed by atoms with van der Waals surface area (Å²) in [6.07, 6.45) is 23.2. The Bertz CT molecular complexity index is 1050. The minimum atomic E-state index is -0.307. The fourth-order valence-electron chi connectivity index (χ4n) is 5.57. The van der Waals surface area contributed by atoms with Gasteiger partial charge in [-0.3, -0.25) is 14.5 Å². The molecule has 2 amide bonds. The first kappa shape index (κ1) is 36.3. The molecule has 6 nitrogen and oxygen atoms in total. The fourth-order valence-corrected chi connectivity index (χ4v) is 5.57. The van der Waals surface area contributed by atoms with Gasteiger partial charge in [0.15, 0.2) is 23.4 Å². The summed E-state index contributed by atoms with van der Waals surface area (Å²) in [6.45, 7) is 7.83. The molecule has 0 unspecified atom stereocenters. The van der Waals surface area contributed by atoms with Crippen LogP contribution in [0, 0.1) is 0 Å². The maximum atomic E-state index is 13.3. The Morgan fingerprint density at radius 2 is 1.37 bits per heavy atom. The molecule has 6 heteroatoms. The molecule has 0 fully saturated rings. The van der Waals surface area contributed by atoms with Crippen LogP contribution in [0.5, 0.6) is 11.5 Å². The number of rotatable bonds is 24. The summed E-state index contributed by atoms with van der Waals surface area (Å²) in [5, 5.41) is 0. The van der Waals surface area contributed by atoms with Crippen LogP contribution in [0.25, 0.3) is 0 Å². The van der Waals surface area contributed by atoms with Gasteiger partial charge in [0.05, 0.1) is 13.7 Å². The van der Waals surface area contributed by atoms with E-state index in [9.17, 15) is 9.59 Å². The van der Waals surface area contributed by atoms with Crippen molar-refractivity contribution in [2.24, 2.45) is 0 Å². The zero-order valence-electron chi connectivity index (χ0n) is 27.7. The van der Waals surface area contributed by atoms with Crippen LogP contribution >= 0.6 is 0 Å². The van der Waals surface area contributed by atoms with Gasteiger partial charge >= 0.3 is 0 Å². The van der Waals surface area contributed by atoms with E-state index in [4.69, 9.17) is 9.47 Å². The molecule has 1 aromatic carbocycles. The van der Waals surface area contributed by atoms with Crippen molar-refractivity contribution in [3.05, 3.63) is 53.9 Å². The van der Waals surface area contributed by atoms with Crippen molar-refractivity contribution >= 4 is 11.8 Å². The van der Waals surface area contributed by atoms with Crippen LogP contribution in [0.15, 0.2) is 42.6 Å². The second-order valence-corrected chi connectivity index (χ2v) is 11.8. The third kappa shape index (κ3) is 14.4. The number of pyridine rings is 1. The molecule has 0 radical (unpaired) electrons. The number of carbonyl (C=O) groups excluding carboxylic acids is 2. The molecule has 0 aliphatic carbocycles. The monoisotopic (exact) mass is 595 g/mol. The maximum absolute atomic E-state index is 13.3. The molecule has 2 aromatic rings. The van der Waals surface area contributed by atoms with E-state index in [-0.39, 0.29) is 11.8 Å². The van der Waals surface area contributed by atoms with Gasteiger partial charge in [-0.25, -0.2) is 4.57 Å². The molecule has 0 aliphatic heterocycles. The van der Waals surface area contributed by atoms with Gasteiger partial charge in [-0.05, 0) is 31.0 Å². The normalized spacial score (nSPS) is 11.0. The number of methoxy groups -OCH3 is 1. The lowest BCUT2D eigenvalue weighted by Crippen LogP contribution is -2.39. The number of carbonyl (C=O) groups is 2. The molecule has 1 heterocycles. The van der Waals surface area contributed by atoms with Crippen LogP contribution in [0.1, 0.15) is 140 Å². The average Bonchev–Trinajstić information content (AvgIpc) is 3.01. The van der Waals surface area contributed by atoms with E-state index in [1.807, 2.05) is 12.1 Å². The molecule has 1 aromatic heterocycles. The van der Waals surface area contributed by atoms with Crippen molar-refractivity contribution < 1.29 is 23.6 Å². The predicted molar refractivity (Wildman–Crippen MR) is 176 cm³/mol.